The highest BCUT2D eigenvalue weighted by Gasteiger charge is 2.34. The second kappa shape index (κ2) is 10.7. The number of aromatic nitrogens is 1. The van der Waals surface area contributed by atoms with Gasteiger partial charge in [0.2, 0.25) is 0 Å². The molecule has 2 amide bonds. The molecule has 1 heterocycles. The number of sulfonamides is 1. The first-order valence-electron chi connectivity index (χ1n) is 11.0. The molecule has 0 aliphatic heterocycles. The van der Waals surface area contributed by atoms with Crippen LogP contribution in [0.1, 0.15) is 71.1 Å². The zero-order valence-electron chi connectivity index (χ0n) is 17.9. The first-order valence-corrected chi connectivity index (χ1v) is 13.3. The largest absolute Gasteiger partial charge is 0.481 e. The minimum Gasteiger partial charge on any atom is -0.481 e. The van der Waals surface area contributed by atoms with Crippen molar-refractivity contribution in [3.63, 3.8) is 0 Å². The van der Waals surface area contributed by atoms with E-state index in [1.165, 1.54) is 12.6 Å². The van der Waals surface area contributed by atoms with Gasteiger partial charge in [0.05, 0.1) is 12.6 Å². The molecular weight excluding hydrogens is 440 g/mol. The summed E-state index contributed by atoms with van der Waals surface area (Å²) < 4.78 is 26.8. The van der Waals surface area contributed by atoms with Crippen LogP contribution in [-0.4, -0.2) is 54.0 Å². The average Bonchev–Trinajstić information content (AvgIpc) is 3.19. The molecule has 174 valence electrons. The van der Waals surface area contributed by atoms with Crippen molar-refractivity contribution in [2.45, 2.75) is 87.4 Å². The van der Waals surface area contributed by atoms with E-state index < -0.39 is 16.0 Å². The van der Waals surface area contributed by atoms with Crippen molar-refractivity contribution in [1.82, 2.24) is 14.6 Å². The molecule has 0 radical (unpaired) electrons. The molecule has 0 unspecified atom stereocenters. The first-order chi connectivity index (χ1) is 14.8. The number of anilines is 1. The van der Waals surface area contributed by atoms with Crippen LogP contribution in [-0.2, 0) is 14.8 Å². The fourth-order valence-electron chi connectivity index (χ4n) is 4.47. The molecule has 3 rings (SSSR count). The summed E-state index contributed by atoms with van der Waals surface area (Å²) in [6, 6.07) is 0.219. The van der Waals surface area contributed by atoms with Crippen LogP contribution in [0.15, 0.2) is 10.4 Å². The molecule has 11 heteroatoms. The van der Waals surface area contributed by atoms with Crippen molar-refractivity contribution in [2.24, 2.45) is 5.92 Å². The summed E-state index contributed by atoms with van der Waals surface area (Å²) >= 11 is 0.870. The number of hydrogen-bond donors (Lipinski definition) is 3. The van der Waals surface area contributed by atoms with Gasteiger partial charge in [0.1, 0.15) is 0 Å². The molecule has 0 spiro atoms. The Kier molecular flexibility index (Phi) is 8.29. The lowest BCUT2D eigenvalue weighted by Gasteiger charge is -2.42. The smallest absolute Gasteiger partial charge is 0.324 e. The minimum atomic E-state index is -3.86. The predicted octanol–water partition coefficient (Wildman–Crippen LogP) is 3.64. The predicted molar refractivity (Wildman–Crippen MR) is 119 cm³/mol. The topological polar surface area (TPSA) is 129 Å². The first kappa shape index (κ1) is 23.9. The van der Waals surface area contributed by atoms with E-state index in [-0.39, 0.29) is 40.4 Å². The molecule has 0 saturated heterocycles. The summed E-state index contributed by atoms with van der Waals surface area (Å²) in [4.78, 5) is 29.9. The fraction of sp³-hybridized carbons (Fsp3) is 0.750. The number of carboxylic acid groups (broad SMARTS) is 1. The third-order valence-electron chi connectivity index (χ3n) is 6.18. The molecule has 0 atom stereocenters. The number of amides is 2. The van der Waals surface area contributed by atoms with Gasteiger partial charge in [-0.2, -0.15) is 0 Å². The molecule has 0 bridgehead atoms. The Bertz CT molecular complexity index is 859. The van der Waals surface area contributed by atoms with Crippen molar-refractivity contribution in [3.8, 4) is 0 Å². The van der Waals surface area contributed by atoms with Crippen LogP contribution >= 0.6 is 11.3 Å². The number of aliphatic carboxylic acids is 1. The van der Waals surface area contributed by atoms with Crippen LogP contribution in [0, 0.1) is 5.92 Å². The van der Waals surface area contributed by atoms with E-state index in [1.54, 1.807) is 0 Å². The summed E-state index contributed by atoms with van der Waals surface area (Å²) in [6.07, 6.45) is 10.6. The zero-order chi connectivity index (χ0) is 22.4. The maximum Gasteiger partial charge on any atom is 0.324 e. The Balaban J connectivity index is 1.68. The Morgan fingerprint density at radius 2 is 1.77 bits per heavy atom. The molecule has 0 aromatic carbocycles. The second-order valence-corrected chi connectivity index (χ2v) is 11.6. The number of thiazole rings is 1. The standard InChI is InChI=1S/C20H32N4O5S2/c1-14-7-9-16(10-8-14)24(15-5-3-2-4-6-15)20(27)23-19-21-13-18(30-19)31(28,29)22-12-11-17(25)26/h13-16,22H,2-12H2,1H3,(H,25,26)(H,21,23,27)/t14-,16-. The second-order valence-electron chi connectivity index (χ2n) is 8.57. The summed E-state index contributed by atoms with van der Waals surface area (Å²) in [6.45, 7) is 2.05. The van der Waals surface area contributed by atoms with E-state index in [4.69, 9.17) is 5.11 Å². The molecule has 2 fully saturated rings. The van der Waals surface area contributed by atoms with Gasteiger partial charge < -0.3 is 10.0 Å². The van der Waals surface area contributed by atoms with Crippen LogP contribution in [0.3, 0.4) is 0 Å². The van der Waals surface area contributed by atoms with Crippen molar-refractivity contribution in [2.75, 3.05) is 11.9 Å². The highest BCUT2D eigenvalue weighted by atomic mass is 32.2. The number of carboxylic acids is 1. The monoisotopic (exact) mass is 472 g/mol. The lowest BCUT2D eigenvalue weighted by molar-refractivity contribution is -0.136. The normalized spacial score (nSPS) is 22.7. The van der Waals surface area contributed by atoms with Gasteiger partial charge in [-0.15, -0.1) is 0 Å². The minimum absolute atomic E-state index is 0.0519. The van der Waals surface area contributed by atoms with E-state index in [2.05, 4.69) is 21.9 Å². The quantitative estimate of drug-likeness (QED) is 0.530. The number of rotatable bonds is 8. The number of nitrogens with one attached hydrogen (secondary N) is 2. The molecule has 3 N–H and O–H groups in total. The van der Waals surface area contributed by atoms with E-state index in [0.29, 0.717) is 5.92 Å². The third-order valence-corrected chi connectivity index (χ3v) is 9.01. The molecule has 1 aromatic rings. The van der Waals surface area contributed by atoms with Crippen LogP contribution in [0.5, 0.6) is 0 Å². The van der Waals surface area contributed by atoms with Crippen LogP contribution in [0.2, 0.25) is 0 Å². The van der Waals surface area contributed by atoms with Crippen LogP contribution < -0.4 is 10.0 Å². The number of nitrogens with zero attached hydrogens (tertiary/aromatic N) is 2. The SMILES string of the molecule is C[C@H]1CC[C@H](N(C(=O)Nc2ncc(S(=O)(=O)NCCC(=O)O)s2)C2CCCCC2)CC1. The van der Waals surface area contributed by atoms with E-state index >= 15 is 0 Å². The molecule has 31 heavy (non-hydrogen) atoms. The molecule has 2 saturated carbocycles. The maximum absolute atomic E-state index is 13.2. The maximum atomic E-state index is 13.2. The van der Waals surface area contributed by atoms with Crippen molar-refractivity contribution in [1.29, 1.82) is 0 Å². The fourth-order valence-corrected chi connectivity index (χ4v) is 6.57. The summed E-state index contributed by atoms with van der Waals surface area (Å²) in [5, 5.41) is 11.7. The average molecular weight is 473 g/mol. The van der Waals surface area contributed by atoms with Crippen molar-refractivity contribution >= 4 is 38.5 Å². The highest BCUT2D eigenvalue weighted by molar-refractivity contribution is 7.91. The van der Waals surface area contributed by atoms with E-state index in [9.17, 15) is 18.0 Å². The highest BCUT2D eigenvalue weighted by Crippen LogP contribution is 2.33. The van der Waals surface area contributed by atoms with Crippen LogP contribution in [0.25, 0.3) is 0 Å². The van der Waals surface area contributed by atoms with Gasteiger partial charge in [-0.1, -0.05) is 37.5 Å². The summed E-state index contributed by atoms with van der Waals surface area (Å²) in [7, 11) is -3.86. The van der Waals surface area contributed by atoms with Crippen molar-refractivity contribution < 1.29 is 23.1 Å². The van der Waals surface area contributed by atoms with Gasteiger partial charge in [-0.05, 0) is 44.4 Å². The Labute approximate surface area is 187 Å². The van der Waals surface area contributed by atoms with Gasteiger partial charge in [-0.25, -0.2) is 22.9 Å². The molecule has 1 aromatic heterocycles. The van der Waals surface area contributed by atoms with Gasteiger partial charge in [-0.3, -0.25) is 10.1 Å². The molecule has 9 nitrogen and oxygen atoms in total. The van der Waals surface area contributed by atoms with Gasteiger partial charge in [0, 0.05) is 18.6 Å². The van der Waals surface area contributed by atoms with Gasteiger partial charge in [0.25, 0.3) is 10.0 Å². The third kappa shape index (κ3) is 6.63. The number of carbonyl (C=O) groups is 2. The Hall–Kier alpha value is -1.72. The Morgan fingerprint density at radius 3 is 2.42 bits per heavy atom. The number of hydrogen-bond acceptors (Lipinski definition) is 6. The van der Waals surface area contributed by atoms with Gasteiger partial charge in [0.15, 0.2) is 9.34 Å². The van der Waals surface area contributed by atoms with E-state index in [1.807, 2.05) is 4.90 Å². The zero-order valence-corrected chi connectivity index (χ0v) is 19.5. The summed E-state index contributed by atoms with van der Waals surface area (Å²) in [5.41, 5.74) is 0. The number of urea groups is 1. The lowest BCUT2D eigenvalue weighted by atomic mass is 9.84. The Morgan fingerprint density at radius 1 is 1.13 bits per heavy atom. The molecule has 2 aliphatic rings. The van der Waals surface area contributed by atoms with E-state index in [0.717, 1.165) is 62.7 Å². The number of carbonyl (C=O) groups excluding carboxylic acids is 1. The molecular formula is C20H32N4O5S2. The summed E-state index contributed by atoms with van der Waals surface area (Å²) in [5.74, 6) is -0.396. The van der Waals surface area contributed by atoms with Crippen molar-refractivity contribution in [3.05, 3.63) is 6.20 Å². The lowest BCUT2D eigenvalue weighted by Crippen LogP contribution is -2.51. The van der Waals surface area contributed by atoms with Gasteiger partial charge >= 0.3 is 12.0 Å². The molecule has 2 aliphatic carbocycles. The van der Waals surface area contributed by atoms with Crippen LogP contribution in [0.4, 0.5) is 9.93 Å².